The molecule has 0 radical (unpaired) electrons. The van der Waals surface area contributed by atoms with Crippen molar-refractivity contribution < 1.29 is 4.79 Å². The Morgan fingerprint density at radius 2 is 2.06 bits per heavy atom. The van der Waals surface area contributed by atoms with Crippen LogP contribution in [0.5, 0.6) is 0 Å². The Balaban J connectivity index is 2.09. The first kappa shape index (κ1) is 14.8. The summed E-state index contributed by atoms with van der Waals surface area (Å²) in [7, 11) is 0. The highest BCUT2D eigenvalue weighted by Crippen LogP contribution is 2.26. The Hall–Kier alpha value is 0.380. The molecule has 2 atom stereocenters. The van der Waals surface area contributed by atoms with E-state index >= 15 is 0 Å². The van der Waals surface area contributed by atoms with E-state index in [1.165, 1.54) is 12.8 Å². The highest BCUT2D eigenvalue weighted by molar-refractivity contribution is 14.1. The van der Waals surface area contributed by atoms with E-state index in [2.05, 4.69) is 59.8 Å². The van der Waals surface area contributed by atoms with Gasteiger partial charge in [0, 0.05) is 18.9 Å². The van der Waals surface area contributed by atoms with Crippen molar-refractivity contribution >= 4 is 60.4 Å². The number of hydrogen-bond donors (Lipinski definition) is 1. The van der Waals surface area contributed by atoms with E-state index in [1.54, 1.807) is 0 Å². The average molecular weight is 487 g/mol. The zero-order valence-electron chi connectivity index (χ0n) is 9.76. The molecule has 2 rings (SSSR count). The summed E-state index contributed by atoms with van der Waals surface area (Å²) in [5.74, 6) is 0.0109. The predicted molar refractivity (Wildman–Crippen MR) is 89.3 cm³/mol. The summed E-state index contributed by atoms with van der Waals surface area (Å²) in [5.41, 5.74) is 0.715. The summed E-state index contributed by atoms with van der Waals surface area (Å²) in [6.45, 7) is 0. The number of benzene rings is 1. The third kappa shape index (κ3) is 3.70. The summed E-state index contributed by atoms with van der Waals surface area (Å²) in [5, 5.41) is 3.13. The molecule has 1 fully saturated rings. The van der Waals surface area contributed by atoms with Crippen LogP contribution in [0.3, 0.4) is 0 Å². The van der Waals surface area contributed by atoms with Gasteiger partial charge in [0.25, 0.3) is 5.91 Å². The van der Waals surface area contributed by atoms with Crippen molar-refractivity contribution in [2.75, 3.05) is 0 Å². The van der Waals surface area contributed by atoms with Gasteiger partial charge in [-0.15, -0.1) is 0 Å². The number of nitrogens with one attached hydrogen (secondary N) is 1. The molecule has 5 heteroatoms. The molecule has 2 nitrogen and oxygen atoms in total. The lowest BCUT2D eigenvalue weighted by atomic mass is 9.95. The number of carbonyl (C=O) groups is 1. The van der Waals surface area contributed by atoms with Gasteiger partial charge >= 0.3 is 0 Å². The minimum atomic E-state index is 0.0109. The third-order valence-corrected chi connectivity index (χ3v) is 5.63. The number of amides is 1. The summed E-state index contributed by atoms with van der Waals surface area (Å²) < 4.78 is 1.92. The Kier molecular flexibility index (Phi) is 5.50. The van der Waals surface area contributed by atoms with Crippen LogP contribution in [0.4, 0.5) is 0 Å². The van der Waals surface area contributed by atoms with Crippen molar-refractivity contribution in [2.45, 2.75) is 36.6 Å². The van der Waals surface area contributed by atoms with E-state index in [0.29, 0.717) is 10.4 Å². The molecule has 1 N–H and O–H groups in total. The maximum Gasteiger partial charge on any atom is 0.252 e. The zero-order chi connectivity index (χ0) is 13.1. The van der Waals surface area contributed by atoms with Crippen LogP contribution in [0.1, 0.15) is 36.0 Å². The van der Waals surface area contributed by atoms with Crippen molar-refractivity contribution in [1.82, 2.24) is 5.32 Å². The summed E-state index contributed by atoms with van der Waals surface area (Å²) in [6.07, 6.45) is 4.64. The second-order valence-corrected chi connectivity index (χ2v) is 7.78. The van der Waals surface area contributed by atoms with Gasteiger partial charge in [-0.3, -0.25) is 4.79 Å². The number of halogens is 3. The second-order valence-electron chi connectivity index (χ2n) is 4.50. The Morgan fingerprint density at radius 1 is 1.33 bits per heavy atom. The van der Waals surface area contributed by atoms with E-state index < -0.39 is 0 Å². The minimum Gasteiger partial charge on any atom is -0.348 e. The SMILES string of the molecule is O=C(NC1CCCCC1Br)c1cc(I)ccc1Br. The molecule has 0 aliphatic heterocycles. The van der Waals surface area contributed by atoms with Crippen molar-refractivity contribution in [2.24, 2.45) is 0 Å². The fourth-order valence-electron chi connectivity index (χ4n) is 2.17. The molecule has 0 bridgehead atoms. The van der Waals surface area contributed by atoms with E-state index in [-0.39, 0.29) is 11.9 Å². The molecule has 1 saturated carbocycles. The van der Waals surface area contributed by atoms with Gasteiger partial charge in [-0.1, -0.05) is 28.8 Å². The number of alkyl halides is 1. The number of rotatable bonds is 2. The second kappa shape index (κ2) is 6.70. The third-order valence-electron chi connectivity index (χ3n) is 3.17. The quantitative estimate of drug-likeness (QED) is 0.484. The molecule has 0 heterocycles. The lowest BCUT2D eigenvalue weighted by Gasteiger charge is -2.28. The van der Waals surface area contributed by atoms with Gasteiger partial charge in [-0.25, -0.2) is 0 Å². The maximum atomic E-state index is 12.3. The van der Waals surface area contributed by atoms with Crippen molar-refractivity contribution in [3.05, 3.63) is 31.8 Å². The highest BCUT2D eigenvalue weighted by atomic mass is 127. The minimum absolute atomic E-state index is 0.0109. The van der Waals surface area contributed by atoms with E-state index in [1.807, 2.05) is 18.2 Å². The molecule has 1 amide bonds. The Bertz CT molecular complexity index is 453. The molecule has 0 aromatic heterocycles. The normalized spacial score (nSPS) is 23.7. The Morgan fingerprint density at radius 3 is 2.78 bits per heavy atom. The summed E-state index contributed by atoms with van der Waals surface area (Å²) in [6, 6.07) is 6.06. The van der Waals surface area contributed by atoms with E-state index in [4.69, 9.17) is 0 Å². The zero-order valence-corrected chi connectivity index (χ0v) is 15.1. The fourth-order valence-corrected chi connectivity index (χ4v) is 3.80. The van der Waals surface area contributed by atoms with Gasteiger partial charge in [0.15, 0.2) is 0 Å². The molecule has 2 unspecified atom stereocenters. The van der Waals surface area contributed by atoms with Gasteiger partial charge in [0.1, 0.15) is 0 Å². The number of carbonyl (C=O) groups excluding carboxylic acids is 1. The van der Waals surface area contributed by atoms with Crippen LogP contribution in [-0.2, 0) is 0 Å². The summed E-state index contributed by atoms with van der Waals surface area (Å²) >= 11 is 9.32. The van der Waals surface area contributed by atoms with Crippen molar-refractivity contribution in [1.29, 1.82) is 0 Å². The van der Waals surface area contributed by atoms with Gasteiger partial charge in [0.2, 0.25) is 0 Å². The van der Waals surface area contributed by atoms with Gasteiger partial charge in [-0.2, -0.15) is 0 Å². The Labute approximate surface area is 138 Å². The predicted octanol–water partition coefficient (Wildman–Crippen LogP) is 4.49. The van der Waals surface area contributed by atoms with Crippen LogP contribution in [0, 0.1) is 3.57 Å². The van der Waals surface area contributed by atoms with Gasteiger partial charge in [-0.05, 0) is 69.6 Å². The van der Waals surface area contributed by atoms with Crippen LogP contribution in [-0.4, -0.2) is 16.8 Å². The first-order chi connectivity index (χ1) is 8.58. The molecule has 18 heavy (non-hydrogen) atoms. The molecule has 0 saturated heterocycles. The van der Waals surface area contributed by atoms with E-state index in [0.717, 1.165) is 20.9 Å². The molecule has 1 aliphatic rings. The van der Waals surface area contributed by atoms with Crippen molar-refractivity contribution in [3.8, 4) is 0 Å². The van der Waals surface area contributed by atoms with Crippen molar-refractivity contribution in [3.63, 3.8) is 0 Å². The smallest absolute Gasteiger partial charge is 0.252 e. The molecule has 1 aromatic carbocycles. The largest absolute Gasteiger partial charge is 0.348 e. The van der Waals surface area contributed by atoms with Crippen LogP contribution in [0.2, 0.25) is 0 Å². The molecule has 1 aromatic rings. The van der Waals surface area contributed by atoms with Gasteiger partial charge in [0.05, 0.1) is 5.56 Å². The molecular weight excluding hydrogens is 473 g/mol. The first-order valence-corrected chi connectivity index (χ1v) is 8.76. The lowest BCUT2D eigenvalue weighted by molar-refractivity contribution is 0.0929. The molecule has 98 valence electrons. The first-order valence-electron chi connectivity index (χ1n) is 5.98. The fraction of sp³-hybridized carbons (Fsp3) is 0.462. The highest BCUT2D eigenvalue weighted by Gasteiger charge is 2.25. The number of hydrogen-bond acceptors (Lipinski definition) is 1. The maximum absolute atomic E-state index is 12.3. The molecule has 1 aliphatic carbocycles. The van der Waals surface area contributed by atoms with Gasteiger partial charge < -0.3 is 5.32 Å². The average Bonchev–Trinajstić information content (AvgIpc) is 2.35. The lowest BCUT2D eigenvalue weighted by Crippen LogP contribution is -2.42. The van der Waals surface area contributed by atoms with E-state index in [9.17, 15) is 4.79 Å². The van der Waals surface area contributed by atoms with Crippen LogP contribution < -0.4 is 5.32 Å². The standard InChI is InChI=1S/C13H14Br2INO/c14-10-6-5-8(16)7-9(10)13(18)17-12-4-2-1-3-11(12)15/h5-7,11-12H,1-4H2,(H,17,18). The molecular formula is C13H14Br2INO. The molecule has 0 spiro atoms. The van der Waals surface area contributed by atoms with Crippen LogP contribution in [0.25, 0.3) is 0 Å². The summed E-state index contributed by atoms with van der Waals surface area (Å²) in [4.78, 5) is 12.7. The van der Waals surface area contributed by atoms with Crippen LogP contribution >= 0.6 is 54.5 Å². The topological polar surface area (TPSA) is 29.1 Å². The monoisotopic (exact) mass is 485 g/mol. The van der Waals surface area contributed by atoms with Crippen LogP contribution in [0.15, 0.2) is 22.7 Å².